The molecule has 1 aromatic rings. The summed E-state index contributed by atoms with van der Waals surface area (Å²) >= 11 is 0. The molecular weight excluding hydrogens is 338 g/mol. The summed E-state index contributed by atoms with van der Waals surface area (Å²) in [7, 11) is 3.96. The molecule has 2 heterocycles. The van der Waals surface area contributed by atoms with Crippen LogP contribution in [-0.4, -0.2) is 93.9 Å². The zero-order valence-electron chi connectivity index (χ0n) is 17.2. The van der Waals surface area contributed by atoms with Crippen molar-refractivity contribution in [2.75, 3.05) is 73.1 Å². The number of benzene rings is 1. The number of hydrogen-bond donors (Lipinski definition) is 0. The normalized spacial score (nSPS) is 23.7. The molecule has 2 aliphatic heterocycles. The van der Waals surface area contributed by atoms with Crippen LogP contribution in [0, 0.1) is 0 Å². The molecule has 1 aromatic carbocycles. The molecule has 1 atom stereocenters. The van der Waals surface area contributed by atoms with Crippen LogP contribution in [0.1, 0.15) is 18.1 Å². The van der Waals surface area contributed by atoms with Gasteiger partial charge in [0.05, 0.1) is 19.3 Å². The molecule has 5 heteroatoms. The summed E-state index contributed by atoms with van der Waals surface area (Å²) in [5.41, 5.74) is 3.90. The van der Waals surface area contributed by atoms with Gasteiger partial charge in [-0.3, -0.25) is 9.80 Å². The van der Waals surface area contributed by atoms with Gasteiger partial charge in [0.1, 0.15) is 0 Å². The summed E-state index contributed by atoms with van der Waals surface area (Å²) in [5.74, 6) is 0. The largest absolute Gasteiger partial charge is 0.380 e. The van der Waals surface area contributed by atoms with Crippen molar-refractivity contribution >= 4 is 6.08 Å². The molecule has 0 amide bonds. The van der Waals surface area contributed by atoms with E-state index in [4.69, 9.17) is 9.47 Å². The van der Waals surface area contributed by atoms with Crippen LogP contribution < -0.4 is 0 Å². The fourth-order valence-electron chi connectivity index (χ4n) is 3.98. The molecule has 2 saturated heterocycles. The van der Waals surface area contributed by atoms with E-state index in [-0.39, 0.29) is 0 Å². The molecular formula is C22H35N3O2. The first kappa shape index (κ1) is 20.5. The highest BCUT2D eigenvalue weighted by atomic mass is 16.5. The Morgan fingerprint density at radius 2 is 1.93 bits per heavy atom. The molecule has 2 fully saturated rings. The third-order valence-electron chi connectivity index (χ3n) is 5.51. The first-order chi connectivity index (χ1) is 13.1. The van der Waals surface area contributed by atoms with E-state index < -0.39 is 0 Å². The van der Waals surface area contributed by atoms with Gasteiger partial charge in [-0.15, -0.1) is 0 Å². The van der Waals surface area contributed by atoms with Crippen LogP contribution in [0.3, 0.4) is 0 Å². The van der Waals surface area contributed by atoms with Crippen LogP contribution >= 0.6 is 0 Å². The lowest BCUT2D eigenvalue weighted by molar-refractivity contribution is -0.0448. The first-order valence-electron chi connectivity index (χ1n) is 10.1. The summed E-state index contributed by atoms with van der Waals surface area (Å²) in [6.45, 7) is 12.5. The van der Waals surface area contributed by atoms with E-state index in [0.717, 1.165) is 45.9 Å². The molecule has 0 radical (unpaired) electrons. The van der Waals surface area contributed by atoms with Gasteiger partial charge in [-0.1, -0.05) is 35.9 Å². The van der Waals surface area contributed by atoms with Gasteiger partial charge in [0.15, 0.2) is 0 Å². The van der Waals surface area contributed by atoms with Gasteiger partial charge < -0.3 is 14.4 Å². The van der Waals surface area contributed by atoms with E-state index >= 15 is 0 Å². The van der Waals surface area contributed by atoms with Gasteiger partial charge in [-0.2, -0.15) is 0 Å². The smallest absolute Gasteiger partial charge is 0.0829 e. The second kappa shape index (κ2) is 10.3. The predicted octanol–water partition coefficient (Wildman–Crippen LogP) is 2.18. The van der Waals surface area contributed by atoms with Gasteiger partial charge in [-0.25, -0.2) is 0 Å². The minimum absolute atomic E-state index is 0.329. The summed E-state index contributed by atoms with van der Waals surface area (Å²) < 4.78 is 11.4. The van der Waals surface area contributed by atoms with Crippen LogP contribution in [0.2, 0.25) is 0 Å². The van der Waals surface area contributed by atoms with E-state index in [2.05, 4.69) is 59.0 Å². The number of ether oxygens (including phenoxy) is 2. The average Bonchev–Trinajstić information content (AvgIpc) is 2.66. The zero-order chi connectivity index (χ0) is 19.1. The quantitative estimate of drug-likeness (QED) is 0.731. The molecule has 2 aliphatic rings. The Bertz CT molecular complexity index is 611. The van der Waals surface area contributed by atoms with Gasteiger partial charge >= 0.3 is 0 Å². The lowest BCUT2D eigenvalue weighted by Gasteiger charge is -2.38. The second-order valence-corrected chi connectivity index (χ2v) is 7.95. The maximum absolute atomic E-state index is 6.06. The minimum atomic E-state index is 0.329. The van der Waals surface area contributed by atoms with Crippen LogP contribution in [0.25, 0.3) is 6.08 Å². The standard InChI is InChI=1S/C22H35N3O2/c1-19(14-20-6-4-5-7-21(20)18-26-3)15-25-12-13-27-22(17-25)16-24-10-8-23(2)9-11-24/h4-7,14,22H,8-13,15-18H2,1-3H3/t22-/m0/s1. The third-order valence-corrected chi connectivity index (χ3v) is 5.51. The molecule has 0 N–H and O–H groups in total. The molecule has 27 heavy (non-hydrogen) atoms. The average molecular weight is 374 g/mol. The molecule has 5 nitrogen and oxygen atoms in total. The highest BCUT2D eigenvalue weighted by molar-refractivity contribution is 5.56. The highest BCUT2D eigenvalue weighted by Crippen LogP contribution is 2.16. The van der Waals surface area contributed by atoms with E-state index in [0.29, 0.717) is 12.7 Å². The van der Waals surface area contributed by atoms with E-state index in [1.54, 1.807) is 7.11 Å². The van der Waals surface area contributed by atoms with Gasteiger partial charge in [0.25, 0.3) is 0 Å². The first-order valence-corrected chi connectivity index (χ1v) is 10.1. The third kappa shape index (κ3) is 6.40. The van der Waals surface area contributed by atoms with Gasteiger partial charge in [0, 0.05) is 59.5 Å². The van der Waals surface area contributed by atoms with Crippen molar-refractivity contribution in [3.63, 3.8) is 0 Å². The molecule has 3 rings (SSSR count). The molecule has 0 spiro atoms. The van der Waals surface area contributed by atoms with Crippen LogP contribution in [0.5, 0.6) is 0 Å². The Labute approximate surface area is 164 Å². The van der Waals surface area contributed by atoms with Gasteiger partial charge in [0.2, 0.25) is 0 Å². The monoisotopic (exact) mass is 373 g/mol. The highest BCUT2D eigenvalue weighted by Gasteiger charge is 2.24. The summed E-state index contributed by atoms with van der Waals surface area (Å²) in [5, 5.41) is 0. The van der Waals surface area contributed by atoms with E-state index in [1.165, 1.54) is 29.8 Å². The Kier molecular flexibility index (Phi) is 7.85. The maximum atomic E-state index is 6.06. The Balaban J connectivity index is 1.52. The van der Waals surface area contributed by atoms with Crippen molar-refractivity contribution in [2.45, 2.75) is 19.6 Å². The number of morpholine rings is 1. The number of methoxy groups -OCH3 is 1. The predicted molar refractivity (Wildman–Crippen MR) is 111 cm³/mol. The van der Waals surface area contributed by atoms with E-state index in [9.17, 15) is 0 Å². The van der Waals surface area contributed by atoms with Gasteiger partial charge in [-0.05, 0) is 25.1 Å². The number of hydrogen-bond acceptors (Lipinski definition) is 5. The Hall–Kier alpha value is -1.24. The van der Waals surface area contributed by atoms with Crippen LogP contribution in [-0.2, 0) is 16.1 Å². The molecule has 150 valence electrons. The van der Waals surface area contributed by atoms with Crippen LogP contribution in [0.4, 0.5) is 0 Å². The second-order valence-electron chi connectivity index (χ2n) is 7.95. The number of likely N-dealkylation sites (N-methyl/N-ethyl adjacent to an activating group) is 1. The Morgan fingerprint density at radius 3 is 2.70 bits per heavy atom. The lowest BCUT2D eigenvalue weighted by Crippen LogP contribution is -2.52. The number of piperazine rings is 1. The number of rotatable bonds is 7. The Morgan fingerprint density at radius 1 is 1.15 bits per heavy atom. The molecule has 0 unspecified atom stereocenters. The lowest BCUT2D eigenvalue weighted by atomic mass is 10.1. The fraction of sp³-hybridized carbons (Fsp3) is 0.636. The van der Waals surface area contributed by atoms with Crippen molar-refractivity contribution in [3.05, 3.63) is 41.0 Å². The maximum Gasteiger partial charge on any atom is 0.0829 e. The van der Waals surface area contributed by atoms with E-state index in [1.807, 2.05) is 0 Å². The zero-order valence-corrected chi connectivity index (χ0v) is 17.2. The van der Waals surface area contributed by atoms with Crippen molar-refractivity contribution in [1.82, 2.24) is 14.7 Å². The van der Waals surface area contributed by atoms with Crippen molar-refractivity contribution in [2.24, 2.45) is 0 Å². The number of nitrogens with zero attached hydrogens (tertiary/aromatic N) is 3. The fourth-order valence-corrected chi connectivity index (χ4v) is 3.98. The topological polar surface area (TPSA) is 28.2 Å². The van der Waals surface area contributed by atoms with Crippen molar-refractivity contribution in [1.29, 1.82) is 0 Å². The van der Waals surface area contributed by atoms with Crippen LogP contribution in [0.15, 0.2) is 29.8 Å². The minimum Gasteiger partial charge on any atom is -0.380 e. The molecule has 0 aromatic heterocycles. The molecule has 0 aliphatic carbocycles. The molecule has 0 bridgehead atoms. The SMILES string of the molecule is COCc1ccccc1C=C(C)CN1CCO[C@@H](CN2CCN(C)CC2)C1. The summed E-state index contributed by atoms with van der Waals surface area (Å²) in [6.07, 6.45) is 2.63. The molecule has 0 saturated carbocycles. The summed E-state index contributed by atoms with van der Waals surface area (Å²) in [4.78, 5) is 7.49. The van der Waals surface area contributed by atoms with Crippen molar-refractivity contribution in [3.8, 4) is 0 Å². The van der Waals surface area contributed by atoms with Crippen molar-refractivity contribution < 1.29 is 9.47 Å². The summed E-state index contributed by atoms with van der Waals surface area (Å²) in [6, 6.07) is 8.49.